The molecule has 4 aromatic rings. The highest BCUT2D eigenvalue weighted by Crippen LogP contribution is 2.25. The van der Waals surface area contributed by atoms with Crippen LogP contribution in [0.1, 0.15) is 11.1 Å². The monoisotopic (exact) mass is 393 g/mol. The number of anilines is 1. The van der Waals surface area contributed by atoms with E-state index in [-0.39, 0.29) is 0 Å². The molecular weight excluding hydrogens is 378 g/mol. The Hall–Kier alpha value is -2.89. The van der Waals surface area contributed by atoms with Gasteiger partial charge in [0.1, 0.15) is 12.4 Å². The van der Waals surface area contributed by atoms with Gasteiger partial charge in [-0.1, -0.05) is 59.3 Å². The van der Waals surface area contributed by atoms with Gasteiger partial charge in [-0.15, -0.1) is 0 Å². The number of rotatable bonds is 6. The van der Waals surface area contributed by atoms with E-state index in [4.69, 9.17) is 16.3 Å². The van der Waals surface area contributed by atoms with Crippen LogP contribution in [-0.4, -0.2) is 11.2 Å². The molecule has 1 N–H and O–H groups in total. The van der Waals surface area contributed by atoms with Crippen LogP contribution in [0.25, 0.3) is 10.2 Å². The van der Waals surface area contributed by atoms with Crippen LogP contribution in [0.2, 0.25) is 5.02 Å². The Morgan fingerprint density at radius 2 is 1.89 bits per heavy atom. The van der Waals surface area contributed by atoms with E-state index < -0.39 is 0 Å². The predicted molar refractivity (Wildman–Crippen MR) is 113 cm³/mol. The van der Waals surface area contributed by atoms with Crippen LogP contribution in [0.4, 0.5) is 5.13 Å². The van der Waals surface area contributed by atoms with Crippen LogP contribution in [0, 0.1) is 0 Å². The predicted octanol–water partition coefficient (Wildman–Crippen LogP) is 5.97. The first-order valence-electron chi connectivity index (χ1n) is 8.39. The van der Waals surface area contributed by atoms with E-state index >= 15 is 0 Å². The van der Waals surface area contributed by atoms with E-state index in [1.165, 1.54) is 0 Å². The number of ether oxygens (including phenoxy) is 1. The molecule has 1 heterocycles. The standard InChI is InChI=1S/C21H16ClN3OS/c22-17-8-5-6-15(12-17)14-26-19-10-3-1-7-16(19)13-23-25-21-24-18-9-2-4-11-20(18)27-21/h1-13H,14H2,(H,24,25)/b23-13-. The van der Waals surface area contributed by atoms with Crippen molar-refractivity contribution >= 4 is 44.5 Å². The third kappa shape index (κ3) is 4.45. The number of thiazole rings is 1. The maximum Gasteiger partial charge on any atom is 0.204 e. The van der Waals surface area contributed by atoms with E-state index in [0.29, 0.717) is 11.6 Å². The van der Waals surface area contributed by atoms with Crippen LogP contribution in [-0.2, 0) is 6.61 Å². The Morgan fingerprint density at radius 3 is 2.78 bits per heavy atom. The molecule has 4 nitrogen and oxygen atoms in total. The van der Waals surface area contributed by atoms with E-state index in [1.807, 2.05) is 72.8 Å². The summed E-state index contributed by atoms with van der Waals surface area (Å²) in [4.78, 5) is 4.50. The molecule has 4 rings (SSSR count). The second-order valence-electron chi connectivity index (χ2n) is 5.81. The molecule has 27 heavy (non-hydrogen) atoms. The van der Waals surface area contributed by atoms with Crippen LogP contribution in [0.5, 0.6) is 5.75 Å². The molecule has 0 aliphatic heterocycles. The van der Waals surface area contributed by atoms with Crippen molar-refractivity contribution in [1.29, 1.82) is 0 Å². The molecule has 0 radical (unpaired) electrons. The average Bonchev–Trinajstić information content (AvgIpc) is 3.10. The maximum atomic E-state index is 6.02. The van der Waals surface area contributed by atoms with Gasteiger partial charge in [0, 0.05) is 10.6 Å². The summed E-state index contributed by atoms with van der Waals surface area (Å²) in [5.74, 6) is 0.757. The van der Waals surface area contributed by atoms with Gasteiger partial charge in [-0.05, 0) is 42.0 Å². The first kappa shape index (κ1) is 17.5. The van der Waals surface area contributed by atoms with Gasteiger partial charge in [0.25, 0.3) is 0 Å². The molecule has 0 bridgehead atoms. The average molecular weight is 394 g/mol. The molecule has 134 valence electrons. The summed E-state index contributed by atoms with van der Waals surface area (Å²) in [7, 11) is 0. The molecule has 6 heteroatoms. The molecule has 0 saturated carbocycles. The Kier molecular flexibility index (Phi) is 5.32. The summed E-state index contributed by atoms with van der Waals surface area (Å²) in [5.41, 5.74) is 5.86. The van der Waals surface area contributed by atoms with Gasteiger partial charge >= 0.3 is 0 Å². The smallest absolute Gasteiger partial charge is 0.204 e. The number of hydrazone groups is 1. The van der Waals surface area contributed by atoms with Crippen LogP contribution < -0.4 is 10.2 Å². The topological polar surface area (TPSA) is 46.5 Å². The molecule has 0 aliphatic carbocycles. The van der Waals surface area contributed by atoms with E-state index in [2.05, 4.69) is 15.5 Å². The number of hydrogen-bond acceptors (Lipinski definition) is 5. The summed E-state index contributed by atoms with van der Waals surface area (Å²) in [5, 5.41) is 5.76. The molecule has 0 saturated heterocycles. The largest absolute Gasteiger partial charge is 0.488 e. The number of benzene rings is 3. The SMILES string of the molecule is Clc1cccc(COc2ccccc2/C=N\Nc2nc3ccccc3s2)c1. The van der Waals surface area contributed by atoms with Crippen molar-refractivity contribution in [3.05, 3.63) is 88.9 Å². The second kappa shape index (κ2) is 8.20. The van der Waals surface area contributed by atoms with E-state index in [1.54, 1.807) is 17.6 Å². The maximum absolute atomic E-state index is 6.02. The van der Waals surface area contributed by atoms with Crippen molar-refractivity contribution in [1.82, 2.24) is 4.98 Å². The highest BCUT2D eigenvalue weighted by atomic mass is 35.5. The minimum absolute atomic E-state index is 0.441. The van der Waals surface area contributed by atoms with Gasteiger partial charge in [0.2, 0.25) is 5.13 Å². The zero-order chi connectivity index (χ0) is 18.5. The zero-order valence-electron chi connectivity index (χ0n) is 14.3. The molecular formula is C21H16ClN3OS. The molecule has 0 aliphatic rings. The van der Waals surface area contributed by atoms with Crippen molar-refractivity contribution in [3.63, 3.8) is 0 Å². The van der Waals surface area contributed by atoms with Crippen molar-refractivity contribution in [2.45, 2.75) is 6.61 Å². The van der Waals surface area contributed by atoms with Gasteiger partial charge in [0.15, 0.2) is 0 Å². The Labute approximate surface area is 166 Å². The molecule has 0 amide bonds. The number of nitrogens with zero attached hydrogens (tertiary/aromatic N) is 2. The normalized spacial score (nSPS) is 11.1. The summed E-state index contributed by atoms with van der Waals surface area (Å²) >= 11 is 7.59. The highest BCUT2D eigenvalue weighted by molar-refractivity contribution is 7.22. The van der Waals surface area contributed by atoms with E-state index in [0.717, 1.165) is 32.2 Å². The van der Waals surface area contributed by atoms with Gasteiger partial charge in [-0.2, -0.15) is 5.10 Å². The lowest BCUT2D eigenvalue weighted by molar-refractivity contribution is 0.306. The van der Waals surface area contributed by atoms with Crippen molar-refractivity contribution < 1.29 is 4.74 Å². The number of hydrogen-bond donors (Lipinski definition) is 1. The first-order chi connectivity index (χ1) is 13.3. The van der Waals surface area contributed by atoms with Gasteiger partial charge in [-0.25, -0.2) is 4.98 Å². The molecule has 0 spiro atoms. The Bertz CT molecular complexity index is 1060. The Balaban J connectivity index is 1.44. The molecule has 0 unspecified atom stereocenters. The summed E-state index contributed by atoms with van der Waals surface area (Å²) in [6, 6.07) is 23.4. The van der Waals surface area contributed by atoms with Gasteiger partial charge in [0.05, 0.1) is 16.4 Å². The third-order valence-corrected chi connectivity index (χ3v) is 5.04. The fraction of sp³-hybridized carbons (Fsp3) is 0.0476. The number of halogens is 1. The number of para-hydroxylation sites is 2. The lowest BCUT2D eigenvalue weighted by Gasteiger charge is -2.09. The highest BCUT2D eigenvalue weighted by Gasteiger charge is 2.03. The van der Waals surface area contributed by atoms with Gasteiger partial charge < -0.3 is 4.74 Å². The summed E-state index contributed by atoms with van der Waals surface area (Å²) in [6.07, 6.45) is 1.74. The fourth-order valence-corrected chi connectivity index (χ4v) is 3.61. The van der Waals surface area contributed by atoms with E-state index in [9.17, 15) is 0 Å². The van der Waals surface area contributed by atoms with Crippen molar-refractivity contribution in [2.24, 2.45) is 5.10 Å². The second-order valence-corrected chi connectivity index (χ2v) is 7.28. The van der Waals surface area contributed by atoms with Crippen LogP contribution in [0.3, 0.4) is 0 Å². The summed E-state index contributed by atoms with van der Waals surface area (Å²) < 4.78 is 7.06. The minimum Gasteiger partial charge on any atom is -0.488 e. The molecule has 0 fully saturated rings. The third-order valence-electron chi connectivity index (χ3n) is 3.86. The first-order valence-corrected chi connectivity index (χ1v) is 9.58. The number of aromatic nitrogens is 1. The Morgan fingerprint density at radius 1 is 1.04 bits per heavy atom. The summed E-state index contributed by atoms with van der Waals surface area (Å²) in [6.45, 7) is 0.441. The minimum atomic E-state index is 0.441. The number of fused-ring (bicyclic) bond motifs is 1. The molecule has 0 atom stereocenters. The van der Waals surface area contributed by atoms with Crippen molar-refractivity contribution in [3.8, 4) is 5.75 Å². The number of nitrogens with one attached hydrogen (secondary N) is 1. The lowest BCUT2D eigenvalue weighted by Crippen LogP contribution is -1.99. The quantitative estimate of drug-likeness (QED) is 0.324. The van der Waals surface area contributed by atoms with Crippen molar-refractivity contribution in [2.75, 3.05) is 5.43 Å². The fourth-order valence-electron chi connectivity index (χ4n) is 2.58. The van der Waals surface area contributed by atoms with Crippen LogP contribution >= 0.6 is 22.9 Å². The van der Waals surface area contributed by atoms with Gasteiger partial charge in [-0.3, -0.25) is 5.43 Å². The molecule has 3 aromatic carbocycles. The lowest BCUT2D eigenvalue weighted by atomic mass is 10.2. The zero-order valence-corrected chi connectivity index (χ0v) is 15.9. The van der Waals surface area contributed by atoms with Crippen LogP contribution in [0.15, 0.2) is 77.9 Å². The molecule has 1 aromatic heterocycles.